The number of ether oxygens (including phenoxy) is 1. The summed E-state index contributed by atoms with van der Waals surface area (Å²) >= 11 is 0. The minimum absolute atomic E-state index is 0.604. The van der Waals surface area contributed by atoms with E-state index in [4.69, 9.17) is 19.9 Å². The van der Waals surface area contributed by atoms with E-state index in [1.807, 2.05) is 19.1 Å². The molecule has 1 aromatic carbocycles. The van der Waals surface area contributed by atoms with Gasteiger partial charge in [0, 0.05) is 18.7 Å². The van der Waals surface area contributed by atoms with E-state index in [2.05, 4.69) is 18.7 Å². The predicted molar refractivity (Wildman–Crippen MR) is 99.8 cm³/mol. The zero-order valence-electron chi connectivity index (χ0n) is 15.8. The first-order valence-electron chi connectivity index (χ1n) is 9.06. The lowest BCUT2D eigenvalue weighted by molar-refractivity contribution is 0.169. The molecule has 0 radical (unpaired) electrons. The number of nitrogens with two attached hydrogens (primary N) is 1. The largest absolute Gasteiger partial charge is 0.496 e. The summed E-state index contributed by atoms with van der Waals surface area (Å²) in [7, 11) is 1.70. The fourth-order valence-corrected chi connectivity index (χ4v) is 3.64. The fraction of sp³-hybridized carbons (Fsp3) is 0.550. The average molecular weight is 343 g/mol. The molecular weight excluding hydrogens is 314 g/mol. The Morgan fingerprint density at radius 2 is 2.08 bits per heavy atom. The lowest BCUT2D eigenvalue weighted by Crippen LogP contribution is -2.38. The number of hydrogen-bond donors (Lipinski definition) is 1. The Hall–Kier alpha value is -1.85. The molecule has 1 aliphatic rings. The van der Waals surface area contributed by atoms with Crippen molar-refractivity contribution in [3.8, 4) is 17.2 Å². The zero-order valence-corrected chi connectivity index (χ0v) is 15.8. The van der Waals surface area contributed by atoms with Crippen LogP contribution in [0.25, 0.3) is 11.5 Å². The lowest BCUT2D eigenvalue weighted by Gasteiger charge is -2.31. The van der Waals surface area contributed by atoms with Crippen LogP contribution in [0.1, 0.15) is 35.4 Å². The van der Waals surface area contributed by atoms with Gasteiger partial charge in [-0.3, -0.25) is 4.90 Å². The summed E-state index contributed by atoms with van der Waals surface area (Å²) in [4.78, 5) is 7.25. The highest BCUT2D eigenvalue weighted by Crippen LogP contribution is 2.32. The van der Waals surface area contributed by atoms with Gasteiger partial charge in [0.05, 0.1) is 12.8 Å². The number of likely N-dealkylation sites (tertiary alicyclic amines) is 1. The molecule has 2 heterocycles. The molecule has 5 heteroatoms. The Balaban J connectivity index is 1.82. The van der Waals surface area contributed by atoms with Crippen molar-refractivity contribution in [2.24, 2.45) is 11.7 Å². The normalized spacial score (nSPS) is 18.5. The van der Waals surface area contributed by atoms with Crippen LogP contribution in [0, 0.1) is 26.7 Å². The molecule has 136 valence electrons. The quantitative estimate of drug-likeness (QED) is 0.901. The second kappa shape index (κ2) is 7.58. The van der Waals surface area contributed by atoms with Crippen molar-refractivity contribution in [1.82, 2.24) is 9.88 Å². The van der Waals surface area contributed by atoms with E-state index in [1.165, 1.54) is 12.8 Å². The molecule has 0 saturated carbocycles. The van der Waals surface area contributed by atoms with E-state index >= 15 is 0 Å². The highest BCUT2D eigenvalue weighted by Gasteiger charge is 2.22. The maximum Gasteiger partial charge on any atom is 0.226 e. The van der Waals surface area contributed by atoms with Crippen LogP contribution in [0.4, 0.5) is 0 Å². The van der Waals surface area contributed by atoms with Gasteiger partial charge in [-0.25, -0.2) is 4.98 Å². The van der Waals surface area contributed by atoms with Gasteiger partial charge in [0.25, 0.3) is 0 Å². The van der Waals surface area contributed by atoms with E-state index in [-0.39, 0.29) is 0 Å². The second-order valence-corrected chi connectivity index (χ2v) is 7.07. The topological polar surface area (TPSA) is 64.5 Å². The third-order valence-electron chi connectivity index (χ3n) is 5.39. The molecule has 0 aliphatic carbocycles. The zero-order chi connectivity index (χ0) is 18.0. The standard InChI is InChI=1S/C20H29N3O2/c1-13-14(2)19(24-4)8-7-17(13)20-22-18(15(3)25-20)12-23-9-5-6-16(10-21)11-23/h7-8,16H,5-6,9-12,21H2,1-4H3/t16-/m0/s1. The van der Waals surface area contributed by atoms with Gasteiger partial charge in [-0.2, -0.15) is 0 Å². The first-order valence-corrected chi connectivity index (χ1v) is 9.06. The van der Waals surface area contributed by atoms with Gasteiger partial charge in [-0.15, -0.1) is 0 Å². The number of rotatable bonds is 5. The van der Waals surface area contributed by atoms with Crippen LogP contribution in [0.15, 0.2) is 16.5 Å². The molecule has 1 fully saturated rings. The van der Waals surface area contributed by atoms with E-state index in [0.717, 1.165) is 60.1 Å². The van der Waals surface area contributed by atoms with Gasteiger partial charge in [0.1, 0.15) is 11.5 Å². The van der Waals surface area contributed by atoms with Gasteiger partial charge >= 0.3 is 0 Å². The smallest absolute Gasteiger partial charge is 0.226 e. The molecule has 25 heavy (non-hydrogen) atoms. The summed E-state index contributed by atoms with van der Waals surface area (Å²) in [6.45, 7) is 9.92. The highest BCUT2D eigenvalue weighted by atomic mass is 16.5. The summed E-state index contributed by atoms with van der Waals surface area (Å²) in [5.74, 6) is 3.10. The summed E-state index contributed by atoms with van der Waals surface area (Å²) < 4.78 is 11.4. The van der Waals surface area contributed by atoms with Crippen molar-refractivity contribution >= 4 is 0 Å². The number of hydrogen-bond acceptors (Lipinski definition) is 5. The van der Waals surface area contributed by atoms with Gasteiger partial charge < -0.3 is 14.9 Å². The van der Waals surface area contributed by atoms with Gasteiger partial charge in [-0.05, 0) is 75.9 Å². The Bertz CT molecular complexity index is 739. The molecule has 1 atom stereocenters. The van der Waals surface area contributed by atoms with Crippen LogP contribution in [0.5, 0.6) is 5.75 Å². The maximum absolute atomic E-state index is 6.00. The SMILES string of the molecule is COc1ccc(-c2nc(CN3CCC[C@@H](CN)C3)c(C)o2)c(C)c1C. The summed E-state index contributed by atoms with van der Waals surface area (Å²) in [5.41, 5.74) is 10.2. The minimum Gasteiger partial charge on any atom is -0.496 e. The first kappa shape index (κ1) is 18.0. The predicted octanol–water partition coefficient (Wildman–Crippen LogP) is 3.45. The van der Waals surface area contributed by atoms with Gasteiger partial charge in [-0.1, -0.05) is 0 Å². The Morgan fingerprint density at radius 3 is 2.80 bits per heavy atom. The van der Waals surface area contributed by atoms with Crippen molar-refractivity contribution in [2.45, 2.75) is 40.2 Å². The van der Waals surface area contributed by atoms with Crippen LogP contribution in [-0.4, -0.2) is 36.6 Å². The third kappa shape index (κ3) is 3.72. The molecular formula is C20H29N3O2. The summed E-state index contributed by atoms with van der Waals surface area (Å²) in [6, 6.07) is 4.01. The lowest BCUT2D eigenvalue weighted by atomic mass is 9.98. The number of nitrogens with zero attached hydrogens (tertiary/aromatic N) is 2. The summed E-state index contributed by atoms with van der Waals surface area (Å²) in [5, 5.41) is 0. The Labute approximate surface area is 150 Å². The second-order valence-electron chi connectivity index (χ2n) is 7.07. The molecule has 0 bridgehead atoms. The van der Waals surface area contributed by atoms with Crippen LogP contribution in [-0.2, 0) is 6.54 Å². The fourth-order valence-electron chi connectivity index (χ4n) is 3.64. The van der Waals surface area contributed by atoms with E-state index < -0.39 is 0 Å². The molecule has 0 amide bonds. The van der Waals surface area contributed by atoms with Crippen molar-refractivity contribution in [2.75, 3.05) is 26.7 Å². The Morgan fingerprint density at radius 1 is 1.28 bits per heavy atom. The van der Waals surface area contributed by atoms with Gasteiger partial charge in [0.15, 0.2) is 0 Å². The van der Waals surface area contributed by atoms with Gasteiger partial charge in [0.2, 0.25) is 5.89 Å². The Kier molecular flexibility index (Phi) is 5.45. The number of benzene rings is 1. The molecule has 0 spiro atoms. The van der Waals surface area contributed by atoms with E-state index in [9.17, 15) is 0 Å². The van der Waals surface area contributed by atoms with E-state index in [1.54, 1.807) is 7.11 Å². The van der Waals surface area contributed by atoms with Crippen molar-refractivity contribution in [3.05, 3.63) is 34.7 Å². The summed E-state index contributed by atoms with van der Waals surface area (Å²) in [6.07, 6.45) is 2.45. The molecule has 2 N–H and O–H groups in total. The van der Waals surface area contributed by atoms with Crippen molar-refractivity contribution in [3.63, 3.8) is 0 Å². The molecule has 2 aromatic rings. The first-order chi connectivity index (χ1) is 12.0. The van der Waals surface area contributed by atoms with E-state index in [0.29, 0.717) is 11.8 Å². The monoisotopic (exact) mass is 343 g/mol. The molecule has 3 rings (SSSR count). The van der Waals surface area contributed by atoms with Crippen LogP contribution < -0.4 is 10.5 Å². The minimum atomic E-state index is 0.604. The maximum atomic E-state index is 6.00. The van der Waals surface area contributed by atoms with Crippen molar-refractivity contribution in [1.29, 1.82) is 0 Å². The molecule has 0 unspecified atom stereocenters. The number of aryl methyl sites for hydroxylation is 1. The molecule has 1 aromatic heterocycles. The number of aromatic nitrogens is 1. The van der Waals surface area contributed by atoms with Crippen LogP contribution in [0.2, 0.25) is 0 Å². The number of piperidine rings is 1. The average Bonchev–Trinajstić information content (AvgIpc) is 2.97. The van der Waals surface area contributed by atoms with Crippen LogP contribution >= 0.6 is 0 Å². The van der Waals surface area contributed by atoms with Crippen LogP contribution in [0.3, 0.4) is 0 Å². The molecule has 1 saturated heterocycles. The number of methoxy groups -OCH3 is 1. The molecule has 1 aliphatic heterocycles. The van der Waals surface area contributed by atoms with Crippen molar-refractivity contribution < 1.29 is 9.15 Å². The highest BCUT2D eigenvalue weighted by molar-refractivity contribution is 5.63. The number of oxazole rings is 1. The third-order valence-corrected chi connectivity index (χ3v) is 5.39. The molecule has 5 nitrogen and oxygen atoms in total.